The summed E-state index contributed by atoms with van der Waals surface area (Å²) in [4.78, 5) is 12.4. The van der Waals surface area contributed by atoms with Gasteiger partial charge in [-0.2, -0.15) is 10.2 Å². The maximum absolute atomic E-state index is 12.4. The molecule has 4 rings (SSSR count). The van der Waals surface area contributed by atoms with Gasteiger partial charge in [-0.25, -0.2) is 0 Å². The Balaban J connectivity index is 1.33. The fraction of sp³-hybridized carbons (Fsp3) is 0.0870. The minimum Gasteiger partial charge on any atom is -0.497 e. The highest BCUT2D eigenvalue weighted by molar-refractivity contribution is 7.99. The number of azo groups is 1. The normalized spacial score (nSPS) is 10.9. The second kappa shape index (κ2) is 10.4. The van der Waals surface area contributed by atoms with Crippen LogP contribution in [0.3, 0.4) is 0 Å². The minimum atomic E-state index is -0.145. The second-order valence-electron chi connectivity index (χ2n) is 6.60. The van der Waals surface area contributed by atoms with E-state index in [1.807, 2.05) is 59.2 Å². The summed E-state index contributed by atoms with van der Waals surface area (Å²) in [5.41, 5.74) is 3.03. The molecule has 0 saturated carbocycles. The van der Waals surface area contributed by atoms with Crippen molar-refractivity contribution in [3.63, 3.8) is 0 Å². The first-order valence-electron chi connectivity index (χ1n) is 9.75. The van der Waals surface area contributed by atoms with Crippen molar-refractivity contribution < 1.29 is 9.53 Å². The van der Waals surface area contributed by atoms with Crippen molar-refractivity contribution in [3.8, 4) is 11.4 Å². The Bertz CT molecular complexity index is 1210. The van der Waals surface area contributed by atoms with Gasteiger partial charge in [-0.3, -0.25) is 9.36 Å². The van der Waals surface area contributed by atoms with Gasteiger partial charge in [0.1, 0.15) is 12.1 Å². The van der Waals surface area contributed by atoms with Crippen LogP contribution >= 0.6 is 11.8 Å². The number of hydrogen-bond acceptors (Lipinski definition) is 7. The molecule has 0 radical (unpaired) electrons. The zero-order valence-electron chi connectivity index (χ0n) is 17.3. The Morgan fingerprint density at radius 2 is 1.75 bits per heavy atom. The molecule has 1 heterocycles. The van der Waals surface area contributed by atoms with Crippen LogP contribution in [-0.4, -0.2) is 33.5 Å². The average molecular weight is 445 g/mol. The van der Waals surface area contributed by atoms with Crippen molar-refractivity contribution in [2.24, 2.45) is 10.2 Å². The van der Waals surface area contributed by atoms with Crippen molar-refractivity contribution >= 4 is 34.7 Å². The number of aromatic nitrogens is 3. The summed E-state index contributed by atoms with van der Waals surface area (Å²) in [7, 11) is 1.62. The second-order valence-corrected chi connectivity index (χ2v) is 7.55. The SMILES string of the molecule is COc1cccc(-n2cnnc2SCC(=O)Nc2ccc(N=Nc3ccccc3)cc2)c1. The number of carbonyl (C=O) groups excluding carboxylic acids is 1. The van der Waals surface area contributed by atoms with Gasteiger partial charge >= 0.3 is 0 Å². The molecule has 0 bridgehead atoms. The largest absolute Gasteiger partial charge is 0.497 e. The van der Waals surface area contributed by atoms with Gasteiger partial charge in [-0.1, -0.05) is 36.0 Å². The van der Waals surface area contributed by atoms with Gasteiger partial charge in [-0.15, -0.1) is 10.2 Å². The minimum absolute atomic E-state index is 0.145. The number of rotatable bonds is 8. The molecular formula is C23H20N6O2S. The molecule has 0 saturated heterocycles. The first kappa shape index (κ1) is 21.3. The van der Waals surface area contributed by atoms with E-state index >= 15 is 0 Å². The molecule has 8 nitrogen and oxygen atoms in total. The zero-order chi connectivity index (χ0) is 22.2. The molecule has 0 atom stereocenters. The van der Waals surface area contributed by atoms with Crippen molar-refractivity contribution in [2.75, 3.05) is 18.2 Å². The van der Waals surface area contributed by atoms with Crippen LogP contribution in [0.25, 0.3) is 5.69 Å². The summed E-state index contributed by atoms with van der Waals surface area (Å²) in [6, 6.07) is 24.2. The number of benzene rings is 3. The Labute approximate surface area is 189 Å². The lowest BCUT2D eigenvalue weighted by atomic mass is 10.3. The average Bonchev–Trinajstić information content (AvgIpc) is 3.32. The van der Waals surface area contributed by atoms with Crippen molar-refractivity contribution in [1.29, 1.82) is 0 Å². The van der Waals surface area contributed by atoms with Crippen LogP contribution in [0.15, 0.2) is 101 Å². The molecule has 160 valence electrons. The number of hydrogen-bond donors (Lipinski definition) is 1. The number of amides is 1. The number of nitrogens with zero attached hydrogens (tertiary/aromatic N) is 5. The van der Waals surface area contributed by atoms with E-state index in [2.05, 4.69) is 25.7 Å². The lowest BCUT2D eigenvalue weighted by molar-refractivity contribution is -0.113. The van der Waals surface area contributed by atoms with Gasteiger partial charge in [0.05, 0.1) is 29.9 Å². The smallest absolute Gasteiger partial charge is 0.234 e. The van der Waals surface area contributed by atoms with Crippen molar-refractivity contribution in [1.82, 2.24) is 14.8 Å². The Morgan fingerprint density at radius 3 is 2.50 bits per heavy atom. The quantitative estimate of drug-likeness (QED) is 0.289. The number of thioether (sulfide) groups is 1. The van der Waals surface area contributed by atoms with Gasteiger partial charge in [0.25, 0.3) is 0 Å². The van der Waals surface area contributed by atoms with Crippen LogP contribution < -0.4 is 10.1 Å². The number of ether oxygens (including phenoxy) is 1. The van der Waals surface area contributed by atoms with E-state index in [9.17, 15) is 4.79 Å². The first-order chi connectivity index (χ1) is 15.7. The fourth-order valence-corrected chi connectivity index (χ4v) is 3.54. The Kier molecular flexibility index (Phi) is 6.88. The monoisotopic (exact) mass is 444 g/mol. The third-order valence-electron chi connectivity index (χ3n) is 4.37. The van der Waals surface area contributed by atoms with E-state index in [0.29, 0.717) is 16.5 Å². The van der Waals surface area contributed by atoms with Gasteiger partial charge in [-0.05, 0) is 48.5 Å². The summed E-state index contributed by atoms with van der Waals surface area (Å²) in [5, 5.41) is 20.0. The first-order valence-corrected chi connectivity index (χ1v) is 10.7. The molecule has 0 spiro atoms. The molecule has 0 aliphatic rings. The van der Waals surface area contributed by atoms with Crippen LogP contribution in [0.1, 0.15) is 0 Å². The van der Waals surface area contributed by atoms with E-state index in [1.165, 1.54) is 11.8 Å². The maximum atomic E-state index is 12.4. The molecule has 1 N–H and O–H groups in total. The van der Waals surface area contributed by atoms with Crippen molar-refractivity contribution in [3.05, 3.63) is 85.2 Å². The number of nitrogens with one attached hydrogen (secondary N) is 1. The summed E-state index contributed by atoms with van der Waals surface area (Å²) in [6.07, 6.45) is 1.61. The molecule has 4 aromatic rings. The predicted molar refractivity (Wildman–Crippen MR) is 124 cm³/mol. The van der Waals surface area contributed by atoms with E-state index in [1.54, 1.807) is 37.7 Å². The molecular weight excluding hydrogens is 424 g/mol. The number of methoxy groups -OCH3 is 1. The van der Waals surface area contributed by atoms with Crippen LogP contribution in [-0.2, 0) is 4.79 Å². The molecule has 1 amide bonds. The van der Waals surface area contributed by atoms with E-state index in [-0.39, 0.29) is 11.7 Å². The third kappa shape index (κ3) is 5.58. The van der Waals surface area contributed by atoms with Gasteiger partial charge in [0.15, 0.2) is 5.16 Å². The molecule has 9 heteroatoms. The lowest BCUT2D eigenvalue weighted by Crippen LogP contribution is -2.14. The van der Waals surface area contributed by atoms with Gasteiger partial charge in [0, 0.05) is 11.8 Å². The van der Waals surface area contributed by atoms with Crippen molar-refractivity contribution in [2.45, 2.75) is 5.16 Å². The highest BCUT2D eigenvalue weighted by Crippen LogP contribution is 2.23. The van der Waals surface area contributed by atoms with Crippen LogP contribution in [0.5, 0.6) is 5.75 Å². The van der Waals surface area contributed by atoms with E-state index in [4.69, 9.17) is 4.74 Å². The summed E-state index contributed by atoms with van der Waals surface area (Å²) in [6.45, 7) is 0. The summed E-state index contributed by atoms with van der Waals surface area (Å²) < 4.78 is 7.08. The predicted octanol–water partition coefficient (Wildman–Crippen LogP) is 5.42. The topological polar surface area (TPSA) is 93.8 Å². The summed E-state index contributed by atoms with van der Waals surface area (Å²) in [5.74, 6) is 0.781. The molecule has 0 unspecified atom stereocenters. The zero-order valence-corrected chi connectivity index (χ0v) is 18.1. The molecule has 1 aromatic heterocycles. The molecule has 32 heavy (non-hydrogen) atoms. The van der Waals surface area contributed by atoms with Gasteiger partial charge in [0.2, 0.25) is 5.91 Å². The number of anilines is 1. The summed E-state index contributed by atoms with van der Waals surface area (Å²) >= 11 is 1.30. The molecule has 0 aliphatic heterocycles. The number of carbonyl (C=O) groups is 1. The van der Waals surface area contributed by atoms with E-state index < -0.39 is 0 Å². The Morgan fingerprint density at radius 1 is 1.00 bits per heavy atom. The lowest BCUT2D eigenvalue weighted by Gasteiger charge is -2.08. The highest BCUT2D eigenvalue weighted by atomic mass is 32.2. The van der Waals surface area contributed by atoms with E-state index in [0.717, 1.165) is 17.1 Å². The third-order valence-corrected chi connectivity index (χ3v) is 5.31. The highest BCUT2D eigenvalue weighted by Gasteiger charge is 2.11. The molecule has 0 fully saturated rings. The Hall–Kier alpha value is -3.98. The standard InChI is InChI=1S/C23H20N6O2S/c1-31-21-9-5-8-20(14-21)29-16-24-28-23(29)32-15-22(30)25-17-10-12-19(13-11-17)27-26-18-6-3-2-4-7-18/h2-14,16H,15H2,1H3,(H,25,30). The maximum Gasteiger partial charge on any atom is 0.234 e. The van der Waals surface area contributed by atoms with Gasteiger partial charge < -0.3 is 10.1 Å². The van der Waals surface area contributed by atoms with Crippen LogP contribution in [0, 0.1) is 0 Å². The molecule has 3 aromatic carbocycles. The van der Waals surface area contributed by atoms with Crippen LogP contribution in [0.2, 0.25) is 0 Å². The molecule has 0 aliphatic carbocycles. The van der Waals surface area contributed by atoms with Crippen LogP contribution in [0.4, 0.5) is 17.1 Å². The fourth-order valence-electron chi connectivity index (χ4n) is 2.81.